The Kier molecular flexibility index (Phi) is 4.29. The molecule has 0 radical (unpaired) electrons. The molecule has 0 bridgehead atoms. The fourth-order valence-corrected chi connectivity index (χ4v) is 4.87. The second-order valence-electron chi connectivity index (χ2n) is 5.63. The molecular weight excluding hydrogens is 344 g/mol. The summed E-state index contributed by atoms with van der Waals surface area (Å²) in [6.07, 6.45) is 2.67. The molecule has 1 amide bonds. The van der Waals surface area contributed by atoms with Crippen LogP contribution in [0.2, 0.25) is 0 Å². The van der Waals surface area contributed by atoms with E-state index in [0.29, 0.717) is 12.5 Å². The van der Waals surface area contributed by atoms with Gasteiger partial charge in [0, 0.05) is 16.3 Å². The minimum Gasteiger partial charge on any atom is -0.334 e. The summed E-state index contributed by atoms with van der Waals surface area (Å²) in [4.78, 5) is 21.8. The molecule has 0 spiro atoms. The van der Waals surface area contributed by atoms with Gasteiger partial charge in [0.25, 0.3) is 0 Å². The van der Waals surface area contributed by atoms with E-state index in [0.717, 1.165) is 30.1 Å². The van der Waals surface area contributed by atoms with Crippen molar-refractivity contribution in [3.8, 4) is 9.88 Å². The van der Waals surface area contributed by atoms with Crippen LogP contribution >= 0.6 is 34.0 Å². The standard InChI is InChI=1S/C17H16N2OS3/c20-16(19(13-5-6-13)10-14-3-1-7-21-14)9-12-11-23-17(18-12)15-4-2-8-22-15/h1-4,7-8,11,13H,5-6,9-10H2. The largest absolute Gasteiger partial charge is 0.334 e. The van der Waals surface area contributed by atoms with E-state index in [4.69, 9.17) is 0 Å². The molecule has 118 valence electrons. The number of rotatable bonds is 6. The SMILES string of the molecule is O=C(Cc1csc(-c2cccs2)n1)N(Cc1cccs1)C1CC1. The summed E-state index contributed by atoms with van der Waals surface area (Å²) in [5.74, 6) is 0.198. The van der Waals surface area contributed by atoms with E-state index in [1.165, 1.54) is 9.75 Å². The molecule has 0 saturated heterocycles. The summed E-state index contributed by atoms with van der Waals surface area (Å²) in [6.45, 7) is 0.739. The monoisotopic (exact) mass is 360 g/mol. The first-order chi connectivity index (χ1) is 11.3. The smallest absolute Gasteiger partial charge is 0.229 e. The van der Waals surface area contributed by atoms with E-state index < -0.39 is 0 Å². The summed E-state index contributed by atoms with van der Waals surface area (Å²) in [7, 11) is 0. The van der Waals surface area contributed by atoms with Crippen LogP contribution < -0.4 is 0 Å². The maximum absolute atomic E-state index is 12.7. The van der Waals surface area contributed by atoms with Crippen molar-refractivity contribution in [3.63, 3.8) is 0 Å². The van der Waals surface area contributed by atoms with Gasteiger partial charge in [-0.1, -0.05) is 12.1 Å². The van der Waals surface area contributed by atoms with Gasteiger partial charge in [0.05, 0.1) is 23.5 Å². The van der Waals surface area contributed by atoms with Gasteiger partial charge >= 0.3 is 0 Å². The van der Waals surface area contributed by atoms with Gasteiger partial charge in [-0.05, 0) is 35.7 Å². The molecule has 0 aliphatic heterocycles. The molecule has 4 rings (SSSR count). The van der Waals surface area contributed by atoms with Gasteiger partial charge in [-0.2, -0.15) is 0 Å². The van der Waals surface area contributed by atoms with Crippen LogP contribution in [0.15, 0.2) is 40.4 Å². The molecule has 1 fully saturated rings. The molecule has 3 nitrogen and oxygen atoms in total. The number of thiophene rings is 2. The third-order valence-electron chi connectivity index (χ3n) is 3.83. The third-order valence-corrected chi connectivity index (χ3v) is 6.62. The van der Waals surface area contributed by atoms with Crippen LogP contribution in [0.3, 0.4) is 0 Å². The number of carbonyl (C=O) groups excluding carboxylic acids is 1. The zero-order valence-electron chi connectivity index (χ0n) is 12.5. The van der Waals surface area contributed by atoms with Crippen molar-refractivity contribution < 1.29 is 4.79 Å². The first-order valence-electron chi connectivity index (χ1n) is 7.60. The summed E-state index contributed by atoms with van der Waals surface area (Å²) in [5.41, 5.74) is 0.889. The Labute approximate surface area is 147 Å². The van der Waals surface area contributed by atoms with E-state index in [9.17, 15) is 4.79 Å². The fraction of sp³-hybridized carbons (Fsp3) is 0.294. The summed E-state index contributed by atoms with van der Waals surface area (Å²) in [6, 6.07) is 8.68. The second-order valence-corrected chi connectivity index (χ2v) is 8.47. The van der Waals surface area contributed by atoms with E-state index in [2.05, 4.69) is 27.9 Å². The lowest BCUT2D eigenvalue weighted by atomic mass is 10.2. The first kappa shape index (κ1) is 15.1. The van der Waals surface area contributed by atoms with Gasteiger partial charge in [0.2, 0.25) is 5.91 Å². The number of nitrogens with zero attached hydrogens (tertiary/aromatic N) is 2. The number of hydrogen-bond acceptors (Lipinski definition) is 5. The second kappa shape index (κ2) is 6.55. The highest BCUT2D eigenvalue weighted by atomic mass is 32.1. The lowest BCUT2D eigenvalue weighted by Crippen LogP contribution is -2.33. The van der Waals surface area contributed by atoms with Crippen LogP contribution in [0.25, 0.3) is 9.88 Å². The van der Waals surface area contributed by atoms with Crippen LogP contribution in [-0.4, -0.2) is 21.8 Å². The quantitative estimate of drug-likeness (QED) is 0.640. The minimum absolute atomic E-state index is 0.198. The van der Waals surface area contributed by atoms with Crippen LogP contribution in [0.1, 0.15) is 23.4 Å². The summed E-state index contributed by atoms with van der Waals surface area (Å²) >= 11 is 5.02. The predicted octanol–water partition coefficient (Wildman–Crippen LogP) is 4.67. The molecule has 0 atom stereocenters. The maximum Gasteiger partial charge on any atom is 0.229 e. The van der Waals surface area contributed by atoms with Gasteiger partial charge in [-0.15, -0.1) is 34.0 Å². The third kappa shape index (κ3) is 3.54. The molecule has 0 aromatic carbocycles. The Balaban J connectivity index is 1.45. The molecule has 1 aliphatic carbocycles. The van der Waals surface area contributed by atoms with E-state index in [-0.39, 0.29) is 5.91 Å². The number of thiazole rings is 1. The van der Waals surface area contributed by atoms with E-state index >= 15 is 0 Å². The molecule has 23 heavy (non-hydrogen) atoms. The molecule has 3 aromatic heterocycles. The average molecular weight is 361 g/mol. The number of amides is 1. The van der Waals surface area contributed by atoms with Crippen molar-refractivity contribution in [2.75, 3.05) is 0 Å². The molecule has 0 N–H and O–H groups in total. The first-order valence-corrected chi connectivity index (χ1v) is 10.2. The van der Waals surface area contributed by atoms with Crippen molar-refractivity contribution in [2.45, 2.75) is 31.8 Å². The highest BCUT2D eigenvalue weighted by molar-refractivity contribution is 7.20. The van der Waals surface area contributed by atoms with Crippen molar-refractivity contribution in [1.82, 2.24) is 9.88 Å². The Bertz CT molecular complexity index is 773. The van der Waals surface area contributed by atoms with Crippen LogP contribution in [-0.2, 0) is 17.8 Å². The molecular formula is C17H16N2OS3. The fourth-order valence-electron chi connectivity index (χ4n) is 2.54. The van der Waals surface area contributed by atoms with E-state index in [1.54, 1.807) is 34.0 Å². The Morgan fingerprint density at radius 1 is 1.17 bits per heavy atom. The Morgan fingerprint density at radius 2 is 2.00 bits per heavy atom. The van der Waals surface area contributed by atoms with Crippen molar-refractivity contribution in [3.05, 3.63) is 51.0 Å². The van der Waals surface area contributed by atoms with Crippen LogP contribution in [0, 0.1) is 0 Å². The van der Waals surface area contributed by atoms with Crippen molar-refractivity contribution in [2.24, 2.45) is 0 Å². The zero-order chi connectivity index (χ0) is 15.6. The Hall–Kier alpha value is -1.50. The van der Waals surface area contributed by atoms with E-state index in [1.807, 2.05) is 22.4 Å². The van der Waals surface area contributed by atoms with Gasteiger partial charge in [-0.3, -0.25) is 4.79 Å². The molecule has 1 aliphatic rings. The molecule has 3 heterocycles. The average Bonchev–Trinajstić information content (AvgIpc) is 3.02. The number of carbonyl (C=O) groups is 1. The lowest BCUT2D eigenvalue weighted by molar-refractivity contribution is -0.131. The van der Waals surface area contributed by atoms with Gasteiger partial charge in [0.15, 0.2) is 0 Å². The van der Waals surface area contributed by atoms with Crippen LogP contribution in [0.5, 0.6) is 0 Å². The predicted molar refractivity (Wildman–Crippen MR) is 97.0 cm³/mol. The van der Waals surface area contributed by atoms with Crippen molar-refractivity contribution in [1.29, 1.82) is 0 Å². The van der Waals surface area contributed by atoms with Gasteiger partial charge in [0.1, 0.15) is 5.01 Å². The summed E-state index contributed by atoms with van der Waals surface area (Å²) in [5, 5.41) is 7.15. The highest BCUT2D eigenvalue weighted by Crippen LogP contribution is 2.31. The zero-order valence-corrected chi connectivity index (χ0v) is 14.9. The Morgan fingerprint density at radius 3 is 2.70 bits per heavy atom. The molecule has 3 aromatic rings. The van der Waals surface area contributed by atoms with Crippen molar-refractivity contribution >= 4 is 39.9 Å². The topological polar surface area (TPSA) is 33.2 Å². The van der Waals surface area contributed by atoms with Crippen LogP contribution in [0.4, 0.5) is 0 Å². The lowest BCUT2D eigenvalue weighted by Gasteiger charge is -2.21. The van der Waals surface area contributed by atoms with Gasteiger partial charge in [-0.25, -0.2) is 4.98 Å². The molecule has 0 unspecified atom stereocenters. The minimum atomic E-state index is 0.198. The van der Waals surface area contributed by atoms with Gasteiger partial charge < -0.3 is 4.90 Å². The summed E-state index contributed by atoms with van der Waals surface area (Å²) < 4.78 is 0. The maximum atomic E-state index is 12.7. The molecule has 1 saturated carbocycles. The molecule has 6 heteroatoms. The number of aromatic nitrogens is 1. The highest BCUT2D eigenvalue weighted by Gasteiger charge is 2.32. The number of hydrogen-bond donors (Lipinski definition) is 0. The normalized spacial score (nSPS) is 14.1.